The Bertz CT molecular complexity index is 318. The van der Waals surface area contributed by atoms with E-state index in [0.717, 1.165) is 26.1 Å². The summed E-state index contributed by atoms with van der Waals surface area (Å²) in [6.07, 6.45) is 3.51. The van der Waals surface area contributed by atoms with Gasteiger partial charge in [0.25, 0.3) is 0 Å². The van der Waals surface area contributed by atoms with Crippen molar-refractivity contribution in [2.24, 2.45) is 11.7 Å². The molecule has 0 radical (unpaired) electrons. The van der Waals surface area contributed by atoms with Crippen molar-refractivity contribution < 1.29 is 0 Å². The lowest BCUT2D eigenvalue weighted by atomic mass is 10.1. The molecule has 0 aromatic heterocycles. The Balaban J connectivity index is 2.41. The topological polar surface area (TPSA) is 29.3 Å². The highest BCUT2D eigenvalue weighted by atomic mass is 15.1. The zero-order chi connectivity index (χ0) is 13.4. The largest absolute Gasteiger partial charge is 0.330 e. The summed E-state index contributed by atoms with van der Waals surface area (Å²) in [5.74, 6) is 0.680. The molecular weight excluding hydrogens is 220 g/mol. The molecule has 1 rings (SSSR count). The minimum Gasteiger partial charge on any atom is -0.330 e. The monoisotopic (exact) mass is 248 g/mol. The van der Waals surface area contributed by atoms with E-state index >= 15 is 0 Å². The Kier molecular flexibility index (Phi) is 6.99. The molecule has 18 heavy (non-hydrogen) atoms. The third kappa shape index (κ3) is 5.65. The first-order valence-corrected chi connectivity index (χ1v) is 7.12. The van der Waals surface area contributed by atoms with Gasteiger partial charge in [-0.1, -0.05) is 44.5 Å². The highest BCUT2D eigenvalue weighted by molar-refractivity contribution is 5.22. The maximum absolute atomic E-state index is 5.58. The zero-order valence-electron chi connectivity index (χ0n) is 12.2. The van der Waals surface area contributed by atoms with Gasteiger partial charge in [-0.3, -0.25) is 0 Å². The molecule has 2 heteroatoms. The van der Waals surface area contributed by atoms with Crippen LogP contribution in [0.3, 0.4) is 0 Å². The molecule has 2 nitrogen and oxygen atoms in total. The van der Waals surface area contributed by atoms with Crippen LogP contribution in [0.15, 0.2) is 24.3 Å². The Morgan fingerprint density at radius 2 is 1.78 bits per heavy atom. The van der Waals surface area contributed by atoms with Crippen LogP contribution < -0.4 is 5.73 Å². The number of hydrogen-bond donors (Lipinski definition) is 1. The van der Waals surface area contributed by atoms with Gasteiger partial charge >= 0.3 is 0 Å². The van der Waals surface area contributed by atoms with Crippen LogP contribution in [0.5, 0.6) is 0 Å². The summed E-state index contributed by atoms with van der Waals surface area (Å²) in [4.78, 5) is 2.38. The van der Waals surface area contributed by atoms with Gasteiger partial charge in [-0.25, -0.2) is 0 Å². The first-order valence-electron chi connectivity index (χ1n) is 7.12. The standard InChI is InChI=1S/C16H28N2/c1-4-5-15-6-8-16(9-7-15)13-18(3)12-14(2)10-11-17/h6-9,14H,4-5,10-13,17H2,1-3H3. The maximum Gasteiger partial charge on any atom is 0.0230 e. The van der Waals surface area contributed by atoms with E-state index in [0.29, 0.717) is 5.92 Å². The van der Waals surface area contributed by atoms with Gasteiger partial charge in [-0.15, -0.1) is 0 Å². The lowest BCUT2D eigenvalue weighted by molar-refractivity contribution is 0.273. The fraction of sp³-hybridized carbons (Fsp3) is 0.625. The van der Waals surface area contributed by atoms with Crippen LogP contribution in [-0.4, -0.2) is 25.0 Å². The Labute approximate surface area is 112 Å². The van der Waals surface area contributed by atoms with Crippen molar-refractivity contribution in [3.05, 3.63) is 35.4 Å². The molecule has 0 aliphatic heterocycles. The summed E-state index contributed by atoms with van der Waals surface area (Å²) < 4.78 is 0. The summed E-state index contributed by atoms with van der Waals surface area (Å²) >= 11 is 0. The maximum atomic E-state index is 5.58. The van der Waals surface area contributed by atoms with Crippen molar-refractivity contribution >= 4 is 0 Å². The highest BCUT2D eigenvalue weighted by Gasteiger charge is 2.06. The number of benzene rings is 1. The van der Waals surface area contributed by atoms with E-state index in [4.69, 9.17) is 5.73 Å². The quantitative estimate of drug-likeness (QED) is 0.766. The zero-order valence-corrected chi connectivity index (χ0v) is 12.2. The van der Waals surface area contributed by atoms with Crippen molar-refractivity contribution in [1.29, 1.82) is 0 Å². The van der Waals surface area contributed by atoms with Crippen molar-refractivity contribution in [2.75, 3.05) is 20.1 Å². The summed E-state index contributed by atoms with van der Waals surface area (Å²) in [6, 6.07) is 9.04. The molecular formula is C16H28N2. The summed E-state index contributed by atoms with van der Waals surface area (Å²) in [5.41, 5.74) is 8.43. The van der Waals surface area contributed by atoms with Crippen LogP contribution in [0.4, 0.5) is 0 Å². The second kappa shape index (κ2) is 8.28. The van der Waals surface area contributed by atoms with Crippen LogP contribution in [0.25, 0.3) is 0 Å². The summed E-state index contributed by atoms with van der Waals surface area (Å²) in [7, 11) is 2.19. The van der Waals surface area contributed by atoms with E-state index in [1.165, 1.54) is 24.0 Å². The van der Waals surface area contributed by atoms with Gasteiger partial charge in [0.1, 0.15) is 0 Å². The van der Waals surface area contributed by atoms with Crippen LogP contribution >= 0.6 is 0 Å². The molecule has 0 saturated heterocycles. The van der Waals surface area contributed by atoms with Crippen LogP contribution in [0, 0.1) is 5.92 Å². The molecule has 0 fully saturated rings. The predicted octanol–water partition coefficient (Wildman–Crippen LogP) is 3.06. The predicted molar refractivity (Wildman–Crippen MR) is 79.6 cm³/mol. The van der Waals surface area contributed by atoms with Gasteiger partial charge in [-0.05, 0) is 43.5 Å². The number of hydrogen-bond acceptors (Lipinski definition) is 2. The molecule has 0 aliphatic rings. The Hall–Kier alpha value is -0.860. The average Bonchev–Trinajstić information content (AvgIpc) is 2.32. The summed E-state index contributed by atoms with van der Waals surface area (Å²) in [6.45, 7) is 7.43. The molecule has 0 saturated carbocycles. The van der Waals surface area contributed by atoms with Crippen LogP contribution in [0.2, 0.25) is 0 Å². The first kappa shape index (κ1) is 15.2. The molecule has 0 spiro atoms. The van der Waals surface area contributed by atoms with E-state index in [2.05, 4.69) is 50.1 Å². The number of nitrogens with two attached hydrogens (primary N) is 1. The van der Waals surface area contributed by atoms with E-state index in [-0.39, 0.29) is 0 Å². The second-order valence-electron chi connectivity index (χ2n) is 5.45. The molecule has 1 aromatic rings. The molecule has 0 aliphatic carbocycles. The number of nitrogens with zero attached hydrogens (tertiary/aromatic N) is 1. The molecule has 0 amide bonds. The van der Waals surface area contributed by atoms with Crippen molar-refractivity contribution in [3.8, 4) is 0 Å². The number of rotatable bonds is 8. The minimum atomic E-state index is 0.680. The second-order valence-corrected chi connectivity index (χ2v) is 5.45. The van der Waals surface area contributed by atoms with E-state index in [1.54, 1.807) is 0 Å². The molecule has 1 unspecified atom stereocenters. The van der Waals surface area contributed by atoms with Crippen molar-refractivity contribution in [3.63, 3.8) is 0 Å². The van der Waals surface area contributed by atoms with Gasteiger partial charge < -0.3 is 10.6 Å². The smallest absolute Gasteiger partial charge is 0.0230 e. The lowest BCUT2D eigenvalue weighted by Gasteiger charge is -2.21. The fourth-order valence-corrected chi connectivity index (χ4v) is 2.38. The normalized spacial score (nSPS) is 12.9. The summed E-state index contributed by atoms with van der Waals surface area (Å²) in [5, 5.41) is 0. The van der Waals surface area contributed by atoms with Crippen molar-refractivity contribution in [2.45, 2.75) is 39.7 Å². The molecule has 102 valence electrons. The fourth-order valence-electron chi connectivity index (χ4n) is 2.38. The SMILES string of the molecule is CCCc1ccc(CN(C)CC(C)CCN)cc1. The number of aryl methyl sites for hydroxylation is 1. The van der Waals surface area contributed by atoms with Gasteiger partial charge in [0.2, 0.25) is 0 Å². The molecule has 0 heterocycles. The van der Waals surface area contributed by atoms with E-state index in [9.17, 15) is 0 Å². The third-order valence-corrected chi connectivity index (χ3v) is 3.30. The third-order valence-electron chi connectivity index (χ3n) is 3.30. The molecule has 1 atom stereocenters. The van der Waals surface area contributed by atoms with Gasteiger partial charge in [0, 0.05) is 13.1 Å². The Morgan fingerprint density at radius 3 is 2.33 bits per heavy atom. The van der Waals surface area contributed by atoms with Crippen LogP contribution in [-0.2, 0) is 13.0 Å². The van der Waals surface area contributed by atoms with E-state index in [1.807, 2.05) is 0 Å². The Morgan fingerprint density at radius 1 is 1.17 bits per heavy atom. The van der Waals surface area contributed by atoms with Crippen molar-refractivity contribution in [1.82, 2.24) is 4.90 Å². The highest BCUT2D eigenvalue weighted by Crippen LogP contribution is 2.10. The van der Waals surface area contributed by atoms with Gasteiger partial charge in [0.15, 0.2) is 0 Å². The molecule has 0 bridgehead atoms. The molecule has 1 aromatic carbocycles. The van der Waals surface area contributed by atoms with E-state index < -0.39 is 0 Å². The van der Waals surface area contributed by atoms with Gasteiger partial charge in [0.05, 0.1) is 0 Å². The lowest BCUT2D eigenvalue weighted by Crippen LogP contribution is -2.25. The average molecular weight is 248 g/mol. The van der Waals surface area contributed by atoms with Gasteiger partial charge in [-0.2, -0.15) is 0 Å². The molecule has 2 N–H and O–H groups in total. The minimum absolute atomic E-state index is 0.680. The first-order chi connectivity index (χ1) is 8.65. The van der Waals surface area contributed by atoms with Crippen LogP contribution in [0.1, 0.15) is 37.8 Å².